The van der Waals surface area contributed by atoms with Crippen molar-refractivity contribution >= 4 is 32.6 Å². The molecule has 1 aromatic carbocycles. The third kappa shape index (κ3) is 4.04. The molecule has 1 fully saturated rings. The number of carbonyl (C=O) groups excluding carboxylic acids is 1. The van der Waals surface area contributed by atoms with Gasteiger partial charge < -0.3 is 16.0 Å². The fraction of sp³-hybridized carbons (Fsp3) is 0.333. The first-order chi connectivity index (χ1) is 13.9. The van der Waals surface area contributed by atoms with Gasteiger partial charge in [-0.3, -0.25) is 4.79 Å². The SMILES string of the molecule is CCCS(=O)(=O)C(N)c1ccc(-c2cc(NC(=O)C3CC3)nc3[nH]ccc23)cc1. The van der Waals surface area contributed by atoms with Gasteiger partial charge in [-0.05, 0) is 48.1 Å². The molecule has 0 aliphatic heterocycles. The fourth-order valence-corrected chi connectivity index (χ4v) is 4.78. The number of pyridine rings is 1. The first-order valence-corrected chi connectivity index (χ1v) is 11.5. The average Bonchev–Trinajstić information content (AvgIpc) is 3.45. The molecule has 2 heterocycles. The molecular weight excluding hydrogens is 388 g/mol. The summed E-state index contributed by atoms with van der Waals surface area (Å²) in [5.41, 5.74) is 9.02. The zero-order chi connectivity index (χ0) is 20.6. The van der Waals surface area contributed by atoms with E-state index in [0.717, 1.165) is 29.4 Å². The Bertz CT molecular complexity index is 1150. The van der Waals surface area contributed by atoms with Crippen molar-refractivity contribution in [3.05, 3.63) is 48.2 Å². The van der Waals surface area contributed by atoms with Crippen LogP contribution in [-0.2, 0) is 14.6 Å². The Hall–Kier alpha value is -2.71. The molecule has 0 bridgehead atoms. The van der Waals surface area contributed by atoms with Crippen LogP contribution in [0.15, 0.2) is 42.6 Å². The number of benzene rings is 1. The number of nitrogens with one attached hydrogen (secondary N) is 2. The van der Waals surface area contributed by atoms with Crippen LogP contribution in [0.4, 0.5) is 5.82 Å². The highest BCUT2D eigenvalue weighted by atomic mass is 32.2. The van der Waals surface area contributed by atoms with Gasteiger partial charge in [-0.25, -0.2) is 13.4 Å². The Morgan fingerprint density at radius 1 is 1.28 bits per heavy atom. The lowest BCUT2D eigenvalue weighted by Crippen LogP contribution is -2.24. The summed E-state index contributed by atoms with van der Waals surface area (Å²) in [6, 6.07) is 11.0. The molecule has 152 valence electrons. The molecule has 29 heavy (non-hydrogen) atoms. The predicted molar refractivity (Wildman–Crippen MR) is 114 cm³/mol. The molecule has 7 nitrogen and oxygen atoms in total. The van der Waals surface area contributed by atoms with Gasteiger partial charge in [0.1, 0.15) is 16.8 Å². The summed E-state index contributed by atoms with van der Waals surface area (Å²) in [7, 11) is -3.37. The average molecular weight is 413 g/mol. The topological polar surface area (TPSA) is 118 Å². The number of nitrogens with two attached hydrogens (primary N) is 1. The molecule has 1 atom stereocenters. The number of sulfone groups is 1. The van der Waals surface area contributed by atoms with Crippen LogP contribution >= 0.6 is 0 Å². The number of nitrogens with zero attached hydrogens (tertiary/aromatic N) is 1. The standard InChI is InChI=1S/C21H24N4O3S/c1-2-11-29(27,28)19(22)14-5-3-13(4-6-14)17-12-18(25-21(26)15-7-8-15)24-20-16(17)9-10-23-20/h3-6,9-10,12,15,19H,2,7-8,11,22H2,1H3,(H2,23,24,25,26). The van der Waals surface area contributed by atoms with Gasteiger partial charge in [0.2, 0.25) is 5.91 Å². The zero-order valence-corrected chi connectivity index (χ0v) is 17.0. The molecule has 1 aliphatic rings. The highest BCUT2D eigenvalue weighted by Gasteiger charge is 2.30. The smallest absolute Gasteiger partial charge is 0.228 e. The van der Waals surface area contributed by atoms with E-state index in [1.807, 2.05) is 31.2 Å². The molecule has 3 aromatic rings. The number of aromatic amines is 1. The highest BCUT2D eigenvalue weighted by molar-refractivity contribution is 7.91. The van der Waals surface area contributed by atoms with Gasteiger partial charge in [-0.1, -0.05) is 31.2 Å². The van der Waals surface area contributed by atoms with E-state index >= 15 is 0 Å². The van der Waals surface area contributed by atoms with E-state index in [9.17, 15) is 13.2 Å². The molecule has 1 aliphatic carbocycles. The highest BCUT2D eigenvalue weighted by Crippen LogP contribution is 2.33. The van der Waals surface area contributed by atoms with E-state index in [1.165, 1.54) is 0 Å². The number of fused-ring (bicyclic) bond motifs is 1. The van der Waals surface area contributed by atoms with E-state index in [1.54, 1.807) is 18.3 Å². The second-order valence-corrected chi connectivity index (χ2v) is 9.71. The molecule has 0 saturated heterocycles. The second kappa shape index (κ2) is 7.61. The lowest BCUT2D eigenvalue weighted by molar-refractivity contribution is -0.117. The normalized spacial score (nSPS) is 15.4. The minimum Gasteiger partial charge on any atom is -0.346 e. The third-order valence-corrected chi connectivity index (χ3v) is 7.18. The van der Waals surface area contributed by atoms with E-state index in [-0.39, 0.29) is 17.6 Å². The van der Waals surface area contributed by atoms with Gasteiger partial charge in [0.15, 0.2) is 9.84 Å². The summed E-state index contributed by atoms with van der Waals surface area (Å²) in [6.45, 7) is 1.82. The molecular formula is C21H24N4O3S. The number of hydrogen-bond donors (Lipinski definition) is 3. The molecule has 8 heteroatoms. The number of anilines is 1. The van der Waals surface area contributed by atoms with Crippen molar-refractivity contribution in [2.45, 2.75) is 31.6 Å². The molecule has 0 radical (unpaired) electrons. The van der Waals surface area contributed by atoms with Gasteiger partial charge in [-0.2, -0.15) is 0 Å². The number of hydrogen-bond acceptors (Lipinski definition) is 5. The van der Waals surface area contributed by atoms with Crippen molar-refractivity contribution in [2.75, 3.05) is 11.1 Å². The van der Waals surface area contributed by atoms with Crippen molar-refractivity contribution in [2.24, 2.45) is 11.7 Å². The summed E-state index contributed by atoms with van der Waals surface area (Å²) in [6.07, 6.45) is 4.18. The summed E-state index contributed by atoms with van der Waals surface area (Å²) < 4.78 is 24.5. The van der Waals surface area contributed by atoms with Crippen LogP contribution in [0.3, 0.4) is 0 Å². The van der Waals surface area contributed by atoms with Crippen molar-refractivity contribution in [1.29, 1.82) is 0 Å². The molecule has 4 N–H and O–H groups in total. The Morgan fingerprint density at radius 2 is 2.00 bits per heavy atom. The number of H-pyrrole nitrogens is 1. The van der Waals surface area contributed by atoms with Gasteiger partial charge in [0, 0.05) is 17.5 Å². The lowest BCUT2D eigenvalue weighted by atomic mass is 10.0. The van der Waals surface area contributed by atoms with Gasteiger partial charge in [0.25, 0.3) is 0 Å². The quantitative estimate of drug-likeness (QED) is 0.550. The van der Waals surface area contributed by atoms with Crippen LogP contribution in [0.25, 0.3) is 22.2 Å². The lowest BCUT2D eigenvalue weighted by Gasteiger charge is -2.14. The van der Waals surface area contributed by atoms with Crippen molar-refractivity contribution < 1.29 is 13.2 Å². The molecule has 4 rings (SSSR count). The zero-order valence-electron chi connectivity index (χ0n) is 16.2. The van der Waals surface area contributed by atoms with Gasteiger partial charge >= 0.3 is 0 Å². The Kier molecular flexibility index (Phi) is 5.14. The summed E-state index contributed by atoms with van der Waals surface area (Å²) >= 11 is 0. The maximum absolute atomic E-state index is 12.3. The van der Waals surface area contributed by atoms with E-state index in [4.69, 9.17) is 5.73 Å². The van der Waals surface area contributed by atoms with E-state index < -0.39 is 15.2 Å². The second-order valence-electron chi connectivity index (χ2n) is 7.47. The number of carbonyl (C=O) groups is 1. The minimum absolute atomic E-state index is 0.00296. The number of rotatable bonds is 7. The van der Waals surface area contributed by atoms with Crippen molar-refractivity contribution in [3.8, 4) is 11.1 Å². The van der Waals surface area contributed by atoms with Crippen LogP contribution in [0, 0.1) is 5.92 Å². The van der Waals surface area contributed by atoms with Crippen LogP contribution in [0.5, 0.6) is 0 Å². The van der Waals surface area contributed by atoms with Crippen LogP contribution < -0.4 is 11.1 Å². The molecule has 1 unspecified atom stereocenters. The first kappa shape index (κ1) is 19.6. The molecule has 1 amide bonds. The fourth-order valence-electron chi connectivity index (χ4n) is 3.39. The summed E-state index contributed by atoms with van der Waals surface area (Å²) in [5.74, 6) is 0.647. The molecule has 0 spiro atoms. The number of amides is 1. The van der Waals surface area contributed by atoms with E-state index in [0.29, 0.717) is 23.4 Å². The maximum atomic E-state index is 12.3. The third-order valence-electron chi connectivity index (χ3n) is 5.15. The summed E-state index contributed by atoms with van der Waals surface area (Å²) in [5, 5.41) is 2.78. The predicted octanol–water partition coefficient (Wildman–Crippen LogP) is 3.36. The van der Waals surface area contributed by atoms with Crippen LogP contribution in [0.2, 0.25) is 0 Å². The van der Waals surface area contributed by atoms with Crippen molar-refractivity contribution in [3.63, 3.8) is 0 Å². The van der Waals surface area contributed by atoms with Gasteiger partial charge in [-0.15, -0.1) is 0 Å². The van der Waals surface area contributed by atoms with Crippen molar-refractivity contribution in [1.82, 2.24) is 9.97 Å². The summed E-state index contributed by atoms with van der Waals surface area (Å²) in [4.78, 5) is 19.7. The Labute approximate surface area is 169 Å². The van der Waals surface area contributed by atoms with Crippen LogP contribution in [0.1, 0.15) is 37.1 Å². The first-order valence-electron chi connectivity index (χ1n) is 9.75. The van der Waals surface area contributed by atoms with Gasteiger partial charge in [0.05, 0.1) is 5.75 Å². The number of aromatic nitrogens is 2. The Morgan fingerprint density at radius 3 is 2.66 bits per heavy atom. The Balaban J connectivity index is 1.67. The minimum atomic E-state index is -3.37. The monoisotopic (exact) mass is 412 g/mol. The largest absolute Gasteiger partial charge is 0.346 e. The molecule has 1 saturated carbocycles. The molecule has 2 aromatic heterocycles. The van der Waals surface area contributed by atoms with E-state index in [2.05, 4.69) is 15.3 Å². The maximum Gasteiger partial charge on any atom is 0.228 e. The van der Waals surface area contributed by atoms with Crippen LogP contribution in [-0.4, -0.2) is 30.0 Å².